The number of carbonyl (C=O) groups is 1. The van der Waals surface area contributed by atoms with Crippen molar-refractivity contribution >= 4 is 25.7 Å². The first-order valence-corrected chi connectivity index (χ1v) is 14.6. The minimum atomic E-state index is -1.89. The number of nitrogens with one attached hydrogen (secondary N) is 2. The molecule has 0 aromatic heterocycles. The maximum atomic E-state index is 11.9. The van der Waals surface area contributed by atoms with Gasteiger partial charge in [-0.25, -0.2) is 0 Å². The van der Waals surface area contributed by atoms with Crippen molar-refractivity contribution in [3.05, 3.63) is 58.1 Å². The van der Waals surface area contributed by atoms with Crippen LogP contribution < -0.4 is 16.0 Å². The normalized spacial score (nSPS) is 14.7. The third-order valence-corrected chi connectivity index (χ3v) is 11.8. The molecule has 1 heterocycles. The number of fused-ring (bicyclic) bond motifs is 1. The smallest absolute Gasteiger partial charge is 0.304 e. The van der Waals surface area contributed by atoms with E-state index in [-0.39, 0.29) is 17.4 Å². The van der Waals surface area contributed by atoms with Crippen LogP contribution >= 0.6 is 0 Å². The van der Waals surface area contributed by atoms with Crippen LogP contribution in [0.15, 0.2) is 30.3 Å². The van der Waals surface area contributed by atoms with E-state index in [1.165, 1.54) is 5.56 Å². The summed E-state index contributed by atoms with van der Waals surface area (Å²) < 4.78 is 6.49. The molecule has 3 N–H and O–H groups in total. The summed E-state index contributed by atoms with van der Waals surface area (Å²) in [6, 6.07) is 10.4. The Balaban J connectivity index is 1.98. The van der Waals surface area contributed by atoms with E-state index in [2.05, 4.69) is 95.9 Å². The van der Waals surface area contributed by atoms with Gasteiger partial charge in [0.05, 0.1) is 24.4 Å². The molecule has 0 fully saturated rings. The molecule has 180 valence electrons. The molecular weight excluding hydrogens is 430 g/mol. The molecule has 0 amide bonds. The van der Waals surface area contributed by atoms with Gasteiger partial charge in [0.1, 0.15) is 0 Å². The Labute approximate surface area is 199 Å². The molecule has 6 nitrogen and oxygen atoms in total. The highest BCUT2D eigenvalue weighted by Gasteiger charge is 2.37. The Hall–Kier alpha value is -2.35. The molecule has 0 radical (unpaired) electrons. The molecule has 0 spiro atoms. The second kappa shape index (κ2) is 9.48. The van der Waals surface area contributed by atoms with Gasteiger partial charge in [0.15, 0.2) is 8.32 Å². The average Bonchev–Trinajstić information content (AvgIpc) is 3.15. The summed E-state index contributed by atoms with van der Waals surface area (Å²) in [7, 11) is -1.89. The zero-order chi connectivity index (χ0) is 24.6. The first-order chi connectivity index (χ1) is 15.4. The van der Waals surface area contributed by atoms with Gasteiger partial charge in [-0.05, 0) is 72.8 Å². The predicted molar refractivity (Wildman–Crippen MR) is 138 cm³/mol. The lowest BCUT2D eigenvalue weighted by Gasteiger charge is -2.36. The Morgan fingerprint density at radius 1 is 1.18 bits per heavy atom. The molecule has 2 aromatic rings. The first-order valence-electron chi connectivity index (χ1n) is 11.7. The Bertz CT molecular complexity index is 1030. The number of carboxylic acid groups (broad SMARTS) is 1. The Kier molecular flexibility index (Phi) is 7.26. The molecule has 0 bridgehead atoms. The van der Waals surface area contributed by atoms with Crippen LogP contribution in [0.3, 0.4) is 0 Å². The molecular formula is C26H39N3O3Si. The highest BCUT2D eigenvalue weighted by atomic mass is 28.4. The molecule has 0 unspecified atom stereocenters. The largest absolute Gasteiger partial charge is 0.481 e. The van der Waals surface area contributed by atoms with Crippen molar-refractivity contribution in [1.29, 1.82) is 0 Å². The first kappa shape index (κ1) is 25.3. The molecule has 33 heavy (non-hydrogen) atoms. The lowest BCUT2D eigenvalue weighted by Crippen LogP contribution is -2.40. The number of aliphatic carboxylic acids is 1. The van der Waals surface area contributed by atoms with Crippen molar-refractivity contribution in [3.63, 3.8) is 0 Å². The van der Waals surface area contributed by atoms with E-state index in [1.54, 1.807) is 0 Å². The van der Waals surface area contributed by atoms with E-state index < -0.39 is 14.3 Å². The summed E-state index contributed by atoms with van der Waals surface area (Å²) in [5, 5.41) is 11.9. The maximum Gasteiger partial charge on any atom is 0.304 e. The van der Waals surface area contributed by atoms with Gasteiger partial charge in [-0.15, -0.1) is 5.53 Å². The van der Waals surface area contributed by atoms with Crippen molar-refractivity contribution in [2.75, 3.05) is 17.0 Å². The van der Waals surface area contributed by atoms with Crippen LogP contribution in [-0.4, -0.2) is 25.9 Å². The number of aryl methyl sites for hydroxylation is 1. The topological polar surface area (TPSA) is 73.8 Å². The predicted octanol–water partition coefficient (Wildman–Crippen LogP) is 6.10. The Morgan fingerprint density at radius 3 is 2.48 bits per heavy atom. The van der Waals surface area contributed by atoms with Crippen LogP contribution in [0.4, 0.5) is 11.4 Å². The summed E-state index contributed by atoms with van der Waals surface area (Å²) >= 11 is 0. The van der Waals surface area contributed by atoms with E-state index in [4.69, 9.17) is 4.43 Å². The summed E-state index contributed by atoms with van der Waals surface area (Å²) in [6.45, 7) is 18.9. The Morgan fingerprint density at radius 2 is 1.88 bits per heavy atom. The molecule has 0 aliphatic carbocycles. The average molecular weight is 470 g/mol. The number of anilines is 2. The number of hydrogen-bond donors (Lipinski definition) is 3. The van der Waals surface area contributed by atoms with Gasteiger partial charge >= 0.3 is 5.97 Å². The van der Waals surface area contributed by atoms with Gasteiger partial charge in [-0.3, -0.25) is 9.80 Å². The SMILES string of the molecule is CCN1NNc2c1ccc([C@@H](CC(=O)O)c1ccc(C)c(CO[Si](C)(C)C(C)(C)C)c1)c2C. The standard InChI is InChI=1S/C26H39N3O3Si/c1-9-29-23-13-12-21(18(3)25(23)27-28-29)22(15-24(30)31)19-11-10-17(2)20(14-19)16-32-33(7,8)26(4,5)6/h10-14,22,27-28H,9,15-16H2,1-8H3,(H,30,31)/t22-/m0/s1. The summed E-state index contributed by atoms with van der Waals surface area (Å²) in [5.41, 5.74) is 13.9. The van der Waals surface area contributed by atoms with Crippen LogP contribution in [0.2, 0.25) is 18.1 Å². The molecule has 1 aliphatic rings. The van der Waals surface area contributed by atoms with Crippen LogP contribution in [0, 0.1) is 13.8 Å². The number of benzene rings is 2. The number of nitrogens with zero attached hydrogens (tertiary/aromatic N) is 1. The van der Waals surface area contributed by atoms with E-state index in [1.807, 2.05) is 5.01 Å². The summed E-state index contributed by atoms with van der Waals surface area (Å²) in [5.74, 6) is -1.04. The van der Waals surface area contributed by atoms with Crippen LogP contribution in [0.5, 0.6) is 0 Å². The van der Waals surface area contributed by atoms with Crippen molar-refractivity contribution < 1.29 is 14.3 Å². The monoisotopic (exact) mass is 469 g/mol. The van der Waals surface area contributed by atoms with Crippen LogP contribution in [-0.2, 0) is 15.8 Å². The quantitative estimate of drug-likeness (QED) is 0.406. The lowest BCUT2D eigenvalue weighted by molar-refractivity contribution is -0.137. The molecule has 0 saturated heterocycles. The molecule has 7 heteroatoms. The van der Waals surface area contributed by atoms with E-state index >= 15 is 0 Å². The number of carboxylic acids is 1. The van der Waals surface area contributed by atoms with Crippen molar-refractivity contribution in [3.8, 4) is 0 Å². The van der Waals surface area contributed by atoms with Gasteiger partial charge in [0.25, 0.3) is 0 Å². The highest BCUT2D eigenvalue weighted by Crippen LogP contribution is 2.41. The van der Waals surface area contributed by atoms with Gasteiger partial charge in [-0.1, -0.05) is 45.0 Å². The molecule has 0 saturated carbocycles. The van der Waals surface area contributed by atoms with E-state index in [0.29, 0.717) is 6.61 Å². The second-order valence-electron chi connectivity index (χ2n) is 10.5. The third kappa shape index (κ3) is 5.26. The second-order valence-corrected chi connectivity index (χ2v) is 15.3. The van der Waals surface area contributed by atoms with E-state index in [0.717, 1.165) is 40.2 Å². The van der Waals surface area contributed by atoms with Gasteiger partial charge < -0.3 is 15.0 Å². The minimum absolute atomic E-state index is 0.0378. The number of hydrazine groups is 2. The summed E-state index contributed by atoms with van der Waals surface area (Å²) in [6.07, 6.45) is 0.0378. The molecule has 2 aromatic carbocycles. The fraction of sp³-hybridized carbons (Fsp3) is 0.500. The van der Waals surface area contributed by atoms with Gasteiger partial charge in [-0.2, -0.15) is 0 Å². The van der Waals surface area contributed by atoms with E-state index in [9.17, 15) is 9.90 Å². The fourth-order valence-corrected chi connectivity index (χ4v) is 4.98. The zero-order valence-electron chi connectivity index (χ0n) is 21.3. The number of hydrogen-bond acceptors (Lipinski definition) is 5. The van der Waals surface area contributed by atoms with Crippen molar-refractivity contribution in [2.24, 2.45) is 0 Å². The van der Waals surface area contributed by atoms with Gasteiger partial charge in [0, 0.05) is 12.5 Å². The molecule has 1 atom stereocenters. The van der Waals surface area contributed by atoms with Gasteiger partial charge in [0.2, 0.25) is 0 Å². The fourth-order valence-electron chi connectivity index (χ4n) is 4.03. The van der Waals surface area contributed by atoms with Crippen LogP contribution in [0.1, 0.15) is 67.9 Å². The number of rotatable bonds is 8. The third-order valence-electron chi connectivity index (χ3n) is 7.33. The lowest BCUT2D eigenvalue weighted by atomic mass is 9.84. The van der Waals surface area contributed by atoms with Crippen molar-refractivity contribution in [1.82, 2.24) is 5.53 Å². The van der Waals surface area contributed by atoms with Crippen LogP contribution in [0.25, 0.3) is 0 Å². The summed E-state index contributed by atoms with van der Waals surface area (Å²) in [4.78, 5) is 11.9. The highest BCUT2D eigenvalue weighted by molar-refractivity contribution is 6.74. The van der Waals surface area contributed by atoms with Crippen molar-refractivity contribution in [2.45, 2.75) is 78.6 Å². The zero-order valence-corrected chi connectivity index (χ0v) is 22.3. The minimum Gasteiger partial charge on any atom is -0.481 e. The molecule has 1 aliphatic heterocycles. The maximum absolute atomic E-state index is 11.9. The molecule has 3 rings (SSSR count).